The molecule has 1 N–H and O–H groups in total. The van der Waals surface area contributed by atoms with Crippen molar-refractivity contribution in [3.05, 3.63) is 42.2 Å². The van der Waals surface area contributed by atoms with E-state index >= 15 is 0 Å². The third-order valence-corrected chi connectivity index (χ3v) is 3.35. The number of carboxylic acids is 1. The first kappa shape index (κ1) is 13.4. The molecule has 0 fully saturated rings. The van der Waals surface area contributed by atoms with Crippen LogP contribution in [-0.4, -0.2) is 29.3 Å². The van der Waals surface area contributed by atoms with Gasteiger partial charge in [0.1, 0.15) is 0 Å². The van der Waals surface area contributed by atoms with Crippen LogP contribution in [0.15, 0.2) is 36.7 Å². The number of carboxylic acid groups (broad SMARTS) is 1. The minimum absolute atomic E-state index is 0.216. The van der Waals surface area contributed by atoms with E-state index in [4.69, 9.17) is 9.47 Å². The van der Waals surface area contributed by atoms with Crippen molar-refractivity contribution >= 4 is 5.97 Å². The van der Waals surface area contributed by atoms with Crippen LogP contribution >= 0.6 is 0 Å². The molecular weight excluding hydrogens is 270 g/mol. The smallest absolute Gasteiger partial charge is 0.336 e. The van der Waals surface area contributed by atoms with Gasteiger partial charge in [0.15, 0.2) is 11.5 Å². The van der Waals surface area contributed by atoms with Crippen molar-refractivity contribution < 1.29 is 19.4 Å². The number of aromatic nitrogens is 1. The molecule has 1 aromatic carbocycles. The first-order chi connectivity index (χ1) is 10.1. The van der Waals surface area contributed by atoms with Gasteiger partial charge in [0.25, 0.3) is 0 Å². The normalized spacial score (nSPS) is 17.1. The van der Waals surface area contributed by atoms with Crippen molar-refractivity contribution in [2.75, 3.05) is 13.2 Å². The molecule has 21 heavy (non-hydrogen) atoms. The molecule has 1 aliphatic heterocycles. The molecule has 1 aliphatic rings. The van der Waals surface area contributed by atoms with Crippen LogP contribution in [-0.2, 0) is 0 Å². The van der Waals surface area contributed by atoms with E-state index in [9.17, 15) is 9.90 Å². The second-order valence-electron chi connectivity index (χ2n) is 5.12. The van der Waals surface area contributed by atoms with E-state index in [0.717, 1.165) is 5.56 Å². The van der Waals surface area contributed by atoms with Gasteiger partial charge in [-0.15, -0.1) is 0 Å². The number of pyridine rings is 1. The summed E-state index contributed by atoms with van der Waals surface area (Å²) in [6, 6.07) is 6.92. The molecule has 2 heterocycles. The summed E-state index contributed by atoms with van der Waals surface area (Å²) in [4.78, 5) is 15.3. The molecule has 0 saturated heterocycles. The average Bonchev–Trinajstić information content (AvgIpc) is 2.69. The quantitative estimate of drug-likeness (QED) is 0.918. The summed E-state index contributed by atoms with van der Waals surface area (Å²) < 4.78 is 11.4. The summed E-state index contributed by atoms with van der Waals surface area (Å²) in [5.41, 5.74) is 1.53. The van der Waals surface area contributed by atoms with Crippen LogP contribution in [0, 0.1) is 5.92 Å². The number of nitrogens with zero attached hydrogens (tertiary/aromatic N) is 1. The number of hydrogen-bond donors (Lipinski definition) is 1. The van der Waals surface area contributed by atoms with Crippen molar-refractivity contribution in [1.29, 1.82) is 0 Å². The van der Waals surface area contributed by atoms with Gasteiger partial charge >= 0.3 is 5.97 Å². The topological polar surface area (TPSA) is 68.7 Å². The van der Waals surface area contributed by atoms with Gasteiger partial charge in [-0.1, -0.05) is 13.0 Å². The molecule has 1 aromatic heterocycles. The third-order valence-electron chi connectivity index (χ3n) is 3.35. The number of fused-ring (bicyclic) bond motifs is 1. The molecular formula is C16H15NO4. The Balaban J connectivity index is 2.04. The first-order valence-corrected chi connectivity index (χ1v) is 6.72. The Labute approximate surface area is 122 Å². The zero-order chi connectivity index (χ0) is 14.8. The van der Waals surface area contributed by atoms with Gasteiger partial charge in [-0.05, 0) is 23.8 Å². The highest BCUT2D eigenvalue weighted by molar-refractivity contribution is 5.95. The van der Waals surface area contributed by atoms with Crippen LogP contribution in [0.1, 0.15) is 17.3 Å². The highest BCUT2D eigenvalue weighted by Gasteiger charge is 2.17. The summed E-state index contributed by atoms with van der Waals surface area (Å²) in [6.45, 7) is 3.24. The van der Waals surface area contributed by atoms with Gasteiger partial charge in [-0.2, -0.15) is 0 Å². The Morgan fingerprint density at radius 3 is 2.76 bits per heavy atom. The zero-order valence-corrected chi connectivity index (χ0v) is 11.6. The first-order valence-electron chi connectivity index (χ1n) is 6.72. The molecule has 1 atom stereocenters. The van der Waals surface area contributed by atoms with E-state index in [-0.39, 0.29) is 5.56 Å². The molecule has 108 valence electrons. The largest absolute Gasteiger partial charge is 0.489 e. The van der Waals surface area contributed by atoms with Crippen LogP contribution in [0.2, 0.25) is 0 Å². The van der Waals surface area contributed by atoms with E-state index in [0.29, 0.717) is 36.2 Å². The lowest BCUT2D eigenvalue weighted by atomic mass is 10.0. The number of rotatable bonds is 2. The minimum atomic E-state index is -0.979. The molecule has 0 radical (unpaired) electrons. The monoisotopic (exact) mass is 285 g/mol. The summed E-state index contributed by atoms with van der Waals surface area (Å²) in [5, 5.41) is 9.26. The lowest BCUT2D eigenvalue weighted by molar-refractivity contribution is 0.0697. The number of benzene rings is 1. The Kier molecular flexibility index (Phi) is 3.48. The predicted octanol–water partition coefficient (Wildman–Crippen LogP) is 2.85. The van der Waals surface area contributed by atoms with Crippen LogP contribution in [0.25, 0.3) is 11.1 Å². The fourth-order valence-corrected chi connectivity index (χ4v) is 2.23. The number of aromatic carboxylic acids is 1. The SMILES string of the molecule is CC1COc2ccc(-c3cnccc3C(=O)O)cc2OC1. The van der Waals surface area contributed by atoms with E-state index in [1.54, 1.807) is 18.3 Å². The average molecular weight is 285 g/mol. The van der Waals surface area contributed by atoms with Crippen molar-refractivity contribution in [3.8, 4) is 22.6 Å². The Hall–Kier alpha value is -2.56. The Bertz CT molecular complexity index is 684. The van der Waals surface area contributed by atoms with Gasteiger partial charge < -0.3 is 14.6 Å². The van der Waals surface area contributed by atoms with E-state index in [1.807, 2.05) is 6.07 Å². The van der Waals surface area contributed by atoms with Gasteiger partial charge in [0.2, 0.25) is 0 Å². The highest BCUT2D eigenvalue weighted by atomic mass is 16.5. The van der Waals surface area contributed by atoms with E-state index in [2.05, 4.69) is 11.9 Å². The Morgan fingerprint density at radius 2 is 2.00 bits per heavy atom. The summed E-state index contributed by atoms with van der Waals surface area (Å²) in [6.07, 6.45) is 3.02. The molecule has 0 bridgehead atoms. The molecule has 0 spiro atoms. The summed E-state index contributed by atoms with van der Waals surface area (Å²) >= 11 is 0. The lowest BCUT2D eigenvalue weighted by Gasteiger charge is -2.10. The minimum Gasteiger partial charge on any atom is -0.489 e. The maximum absolute atomic E-state index is 11.3. The molecule has 0 aliphatic carbocycles. The van der Waals surface area contributed by atoms with Crippen molar-refractivity contribution in [2.45, 2.75) is 6.92 Å². The van der Waals surface area contributed by atoms with Crippen molar-refractivity contribution in [1.82, 2.24) is 4.98 Å². The maximum atomic E-state index is 11.3. The summed E-state index contributed by atoms with van der Waals surface area (Å²) in [7, 11) is 0. The zero-order valence-electron chi connectivity index (χ0n) is 11.6. The number of hydrogen-bond acceptors (Lipinski definition) is 4. The molecule has 0 saturated carbocycles. The number of carbonyl (C=O) groups is 1. The fraction of sp³-hybridized carbons (Fsp3) is 0.250. The van der Waals surface area contributed by atoms with Crippen LogP contribution in [0.4, 0.5) is 0 Å². The molecule has 2 aromatic rings. The third kappa shape index (κ3) is 2.67. The molecule has 3 rings (SSSR count). The maximum Gasteiger partial charge on any atom is 0.336 e. The molecule has 0 amide bonds. The van der Waals surface area contributed by atoms with E-state index in [1.165, 1.54) is 12.3 Å². The fourth-order valence-electron chi connectivity index (χ4n) is 2.23. The lowest BCUT2D eigenvalue weighted by Crippen LogP contribution is -2.12. The van der Waals surface area contributed by atoms with Gasteiger partial charge in [0.05, 0.1) is 18.8 Å². The second-order valence-corrected chi connectivity index (χ2v) is 5.12. The van der Waals surface area contributed by atoms with Gasteiger partial charge in [0, 0.05) is 23.9 Å². The molecule has 1 unspecified atom stereocenters. The molecule has 5 heteroatoms. The van der Waals surface area contributed by atoms with Crippen molar-refractivity contribution in [2.24, 2.45) is 5.92 Å². The van der Waals surface area contributed by atoms with Crippen LogP contribution < -0.4 is 9.47 Å². The second kappa shape index (κ2) is 5.44. The highest BCUT2D eigenvalue weighted by Crippen LogP contribution is 2.35. The van der Waals surface area contributed by atoms with Crippen LogP contribution in [0.3, 0.4) is 0 Å². The van der Waals surface area contributed by atoms with Gasteiger partial charge in [-0.25, -0.2) is 4.79 Å². The summed E-state index contributed by atoms with van der Waals surface area (Å²) in [5.74, 6) is 0.655. The Morgan fingerprint density at radius 1 is 1.24 bits per heavy atom. The predicted molar refractivity (Wildman–Crippen MR) is 76.8 cm³/mol. The van der Waals surface area contributed by atoms with Crippen molar-refractivity contribution in [3.63, 3.8) is 0 Å². The van der Waals surface area contributed by atoms with Gasteiger partial charge in [-0.3, -0.25) is 4.98 Å². The molecule has 5 nitrogen and oxygen atoms in total. The number of ether oxygens (including phenoxy) is 2. The van der Waals surface area contributed by atoms with E-state index < -0.39 is 5.97 Å². The standard InChI is InChI=1S/C16H15NO4/c1-10-8-20-14-3-2-11(6-15(14)21-9-10)13-7-17-5-4-12(13)16(18)19/h2-7,10H,8-9H2,1H3,(H,18,19). The van der Waals surface area contributed by atoms with Crippen LogP contribution in [0.5, 0.6) is 11.5 Å².